The van der Waals surface area contributed by atoms with E-state index in [1.807, 2.05) is 6.07 Å². The standard InChI is InChI=1S/C32H26N4O/c1-2-26-30(23-13-5-3-6-14-23)31(24-15-7-4-8-16-24)37-32(26)28-19-10-9-18-27(28)25-17-11-12-22(20-25)21-29-33-35-36-34-29/h3-20H,2,21H2,1H3,(H,33,34,35,36). The van der Waals surface area contributed by atoms with Crippen LogP contribution in [0.25, 0.3) is 44.9 Å². The van der Waals surface area contributed by atoms with Crippen molar-refractivity contribution in [3.8, 4) is 44.9 Å². The van der Waals surface area contributed by atoms with Crippen LogP contribution in [0.5, 0.6) is 0 Å². The van der Waals surface area contributed by atoms with E-state index in [9.17, 15) is 0 Å². The van der Waals surface area contributed by atoms with Crippen LogP contribution in [0, 0.1) is 0 Å². The monoisotopic (exact) mass is 482 g/mol. The minimum absolute atomic E-state index is 0.615. The molecular formula is C32H26N4O. The third kappa shape index (κ3) is 4.47. The summed E-state index contributed by atoms with van der Waals surface area (Å²) in [5, 5.41) is 14.4. The van der Waals surface area contributed by atoms with Crippen LogP contribution in [0.4, 0.5) is 0 Å². The molecule has 0 radical (unpaired) electrons. The Kier molecular flexibility index (Phi) is 6.17. The SMILES string of the molecule is CCc1c(-c2ccccc2-c2cccc(Cc3nn[nH]n3)c2)oc(-c2ccccc2)c1-c1ccccc1. The van der Waals surface area contributed by atoms with Crippen LogP contribution in [0.1, 0.15) is 23.9 Å². The molecule has 1 N–H and O–H groups in total. The Morgan fingerprint density at radius 1 is 0.676 bits per heavy atom. The van der Waals surface area contributed by atoms with E-state index in [4.69, 9.17) is 4.42 Å². The van der Waals surface area contributed by atoms with Crippen LogP contribution in [-0.4, -0.2) is 20.6 Å². The van der Waals surface area contributed by atoms with Gasteiger partial charge in [-0.1, -0.05) is 121 Å². The summed E-state index contributed by atoms with van der Waals surface area (Å²) in [5.74, 6) is 2.49. The summed E-state index contributed by atoms with van der Waals surface area (Å²) in [4.78, 5) is 0. The maximum atomic E-state index is 6.81. The highest BCUT2D eigenvalue weighted by Gasteiger charge is 2.24. The van der Waals surface area contributed by atoms with Crippen molar-refractivity contribution in [1.29, 1.82) is 0 Å². The number of nitrogens with zero attached hydrogens (tertiary/aromatic N) is 3. The van der Waals surface area contributed by atoms with Crippen molar-refractivity contribution in [2.24, 2.45) is 0 Å². The molecule has 2 heterocycles. The van der Waals surface area contributed by atoms with E-state index in [1.54, 1.807) is 0 Å². The largest absolute Gasteiger partial charge is 0.455 e. The van der Waals surface area contributed by atoms with Gasteiger partial charge in [0.15, 0.2) is 5.82 Å². The molecule has 5 nitrogen and oxygen atoms in total. The zero-order chi connectivity index (χ0) is 25.0. The first kappa shape index (κ1) is 22.7. The van der Waals surface area contributed by atoms with Crippen LogP contribution in [0.2, 0.25) is 0 Å². The van der Waals surface area contributed by atoms with Gasteiger partial charge in [-0.25, -0.2) is 0 Å². The molecule has 0 fully saturated rings. The fourth-order valence-electron chi connectivity index (χ4n) is 4.94. The molecule has 0 aliphatic heterocycles. The summed E-state index contributed by atoms with van der Waals surface area (Å²) in [5.41, 5.74) is 9.05. The van der Waals surface area contributed by atoms with Crippen LogP contribution in [0.3, 0.4) is 0 Å². The molecule has 0 unspecified atom stereocenters. The Morgan fingerprint density at radius 2 is 1.35 bits per heavy atom. The highest BCUT2D eigenvalue weighted by Crippen LogP contribution is 2.45. The minimum Gasteiger partial charge on any atom is -0.455 e. The molecule has 0 saturated heterocycles. The van der Waals surface area contributed by atoms with Gasteiger partial charge < -0.3 is 4.42 Å². The average molecular weight is 483 g/mol. The fourth-order valence-corrected chi connectivity index (χ4v) is 4.94. The number of furan rings is 1. The highest BCUT2D eigenvalue weighted by molar-refractivity contribution is 5.91. The molecule has 5 heteroatoms. The second-order valence-corrected chi connectivity index (χ2v) is 8.95. The fraction of sp³-hybridized carbons (Fsp3) is 0.0938. The van der Waals surface area contributed by atoms with E-state index in [1.165, 1.54) is 5.56 Å². The summed E-state index contributed by atoms with van der Waals surface area (Å²) < 4.78 is 6.81. The Hall–Kier alpha value is -4.77. The van der Waals surface area contributed by atoms with Crippen molar-refractivity contribution in [3.63, 3.8) is 0 Å². The van der Waals surface area contributed by atoms with Gasteiger partial charge in [0.25, 0.3) is 0 Å². The van der Waals surface area contributed by atoms with Crippen molar-refractivity contribution in [3.05, 3.63) is 126 Å². The zero-order valence-electron chi connectivity index (χ0n) is 20.6. The number of benzene rings is 4. The Balaban J connectivity index is 1.53. The number of aromatic nitrogens is 4. The molecule has 6 rings (SSSR count). The molecule has 0 aliphatic carbocycles. The van der Waals surface area contributed by atoms with Gasteiger partial charge in [-0.2, -0.15) is 5.21 Å². The lowest BCUT2D eigenvalue weighted by Crippen LogP contribution is -1.93. The Morgan fingerprint density at radius 3 is 2.05 bits per heavy atom. The molecule has 37 heavy (non-hydrogen) atoms. The first-order valence-corrected chi connectivity index (χ1v) is 12.5. The number of aromatic amines is 1. The van der Waals surface area contributed by atoms with E-state index in [0.717, 1.165) is 56.9 Å². The highest BCUT2D eigenvalue weighted by atomic mass is 16.3. The van der Waals surface area contributed by atoms with Gasteiger partial charge in [0.1, 0.15) is 11.5 Å². The number of tetrazole rings is 1. The van der Waals surface area contributed by atoms with Gasteiger partial charge in [-0.05, 0) is 28.7 Å². The molecule has 0 amide bonds. The molecule has 6 aromatic rings. The van der Waals surface area contributed by atoms with E-state index in [0.29, 0.717) is 12.2 Å². The normalized spacial score (nSPS) is 11.1. The van der Waals surface area contributed by atoms with Gasteiger partial charge >= 0.3 is 0 Å². The summed E-state index contributed by atoms with van der Waals surface area (Å²) in [7, 11) is 0. The van der Waals surface area contributed by atoms with E-state index < -0.39 is 0 Å². The third-order valence-electron chi connectivity index (χ3n) is 6.62. The summed E-state index contributed by atoms with van der Waals surface area (Å²) >= 11 is 0. The number of nitrogens with one attached hydrogen (secondary N) is 1. The summed E-state index contributed by atoms with van der Waals surface area (Å²) in [6, 6.07) is 37.9. The van der Waals surface area contributed by atoms with Gasteiger partial charge in [0, 0.05) is 28.7 Å². The summed E-state index contributed by atoms with van der Waals surface area (Å²) in [6.07, 6.45) is 1.46. The second kappa shape index (κ2) is 10.1. The van der Waals surface area contributed by atoms with Gasteiger partial charge in [-0.3, -0.25) is 0 Å². The zero-order valence-corrected chi connectivity index (χ0v) is 20.6. The van der Waals surface area contributed by atoms with Gasteiger partial charge in [0.2, 0.25) is 0 Å². The molecule has 4 aromatic carbocycles. The van der Waals surface area contributed by atoms with Gasteiger partial charge in [-0.15, -0.1) is 10.2 Å². The molecule has 0 atom stereocenters. The van der Waals surface area contributed by atoms with E-state index in [2.05, 4.69) is 131 Å². The van der Waals surface area contributed by atoms with E-state index >= 15 is 0 Å². The van der Waals surface area contributed by atoms with Crippen LogP contribution in [-0.2, 0) is 12.8 Å². The van der Waals surface area contributed by atoms with Crippen LogP contribution >= 0.6 is 0 Å². The molecule has 0 spiro atoms. The predicted molar refractivity (Wildman–Crippen MR) is 147 cm³/mol. The number of H-pyrrole nitrogens is 1. The lowest BCUT2D eigenvalue weighted by Gasteiger charge is -2.11. The Labute approximate surface area is 215 Å². The third-order valence-corrected chi connectivity index (χ3v) is 6.62. The molecule has 180 valence electrons. The van der Waals surface area contributed by atoms with Crippen molar-refractivity contribution >= 4 is 0 Å². The molecular weight excluding hydrogens is 456 g/mol. The summed E-state index contributed by atoms with van der Waals surface area (Å²) in [6.45, 7) is 2.20. The number of hydrogen-bond donors (Lipinski definition) is 1. The first-order chi connectivity index (χ1) is 18.3. The van der Waals surface area contributed by atoms with E-state index in [-0.39, 0.29) is 0 Å². The van der Waals surface area contributed by atoms with Crippen molar-refractivity contribution in [2.75, 3.05) is 0 Å². The van der Waals surface area contributed by atoms with Crippen molar-refractivity contribution in [2.45, 2.75) is 19.8 Å². The molecule has 2 aromatic heterocycles. The maximum absolute atomic E-state index is 6.81. The van der Waals surface area contributed by atoms with Crippen LogP contribution in [0.15, 0.2) is 114 Å². The Bertz CT molecular complexity index is 1620. The van der Waals surface area contributed by atoms with Crippen molar-refractivity contribution in [1.82, 2.24) is 20.6 Å². The molecule has 0 saturated carbocycles. The lowest BCUT2D eigenvalue weighted by molar-refractivity contribution is 0.595. The smallest absolute Gasteiger partial charge is 0.178 e. The number of rotatable bonds is 7. The van der Waals surface area contributed by atoms with Gasteiger partial charge in [0.05, 0.1) is 0 Å². The second-order valence-electron chi connectivity index (χ2n) is 8.95. The quantitative estimate of drug-likeness (QED) is 0.254. The lowest BCUT2D eigenvalue weighted by atomic mass is 9.91. The minimum atomic E-state index is 0.615. The van der Waals surface area contributed by atoms with Crippen LogP contribution < -0.4 is 0 Å². The molecule has 0 aliphatic rings. The topological polar surface area (TPSA) is 67.6 Å². The first-order valence-electron chi connectivity index (χ1n) is 12.5. The van der Waals surface area contributed by atoms with Crippen molar-refractivity contribution < 1.29 is 4.42 Å². The maximum Gasteiger partial charge on any atom is 0.178 e. The average Bonchev–Trinajstić information content (AvgIpc) is 3.62. The predicted octanol–water partition coefficient (Wildman–Crippen LogP) is 7.61. The molecule has 0 bridgehead atoms. The number of hydrogen-bond acceptors (Lipinski definition) is 4.